The zero-order valence-corrected chi connectivity index (χ0v) is 27.6. The summed E-state index contributed by atoms with van der Waals surface area (Å²) in [6.07, 6.45) is 13.9. The molecule has 0 saturated carbocycles. The van der Waals surface area contributed by atoms with Crippen molar-refractivity contribution >= 4 is 27.3 Å². The molecule has 6 aliphatic rings. The van der Waals surface area contributed by atoms with E-state index in [4.69, 9.17) is 11.2 Å². The van der Waals surface area contributed by atoms with Gasteiger partial charge in [0.1, 0.15) is 17.0 Å². The summed E-state index contributed by atoms with van der Waals surface area (Å²) in [5.41, 5.74) is 9.09. The van der Waals surface area contributed by atoms with Gasteiger partial charge in [-0.15, -0.1) is 12.3 Å². The average Bonchev–Trinajstić information content (AvgIpc) is 3.28. The Hall–Kier alpha value is -4.00. The van der Waals surface area contributed by atoms with Crippen LogP contribution in [0, 0.1) is 12.3 Å². The topological polar surface area (TPSA) is 82.2 Å². The summed E-state index contributed by atoms with van der Waals surface area (Å²) in [6.45, 7) is 4.46. The lowest BCUT2D eigenvalue weighted by Crippen LogP contribution is -2.50. The molecule has 3 aromatic carbocycles. The fraction of sp³-hybridized carbons (Fsp3) is 0.447. The fourth-order valence-electron chi connectivity index (χ4n) is 9.52. The predicted octanol–water partition coefficient (Wildman–Crippen LogP) is 5.02. The molecule has 1 spiro atoms. The Kier molecular flexibility index (Phi) is 6.68. The van der Waals surface area contributed by atoms with Crippen LogP contribution in [0.25, 0.3) is 0 Å². The molecule has 0 radical (unpaired) electrons. The highest BCUT2D eigenvalue weighted by molar-refractivity contribution is 7.89. The number of carbonyl (C=O) groups is 1. The van der Waals surface area contributed by atoms with E-state index in [0.717, 1.165) is 106 Å². The summed E-state index contributed by atoms with van der Waals surface area (Å²) in [7, 11) is -3.96. The van der Waals surface area contributed by atoms with Gasteiger partial charge in [-0.3, -0.25) is 4.79 Å². The molecule has 8 nitrogen and oxygen atoms in total. The molecular weight excluding hydrogens is 609 g/mol. The number of nitrogens with zero attached hydrogens (tertiary/aromatic N) is 3. The molecule has 0 aromatic heterocycles. The van der Waals surface area contributed by atoms with Crippen molar-refractivity contribution in [3.8, 4) is 23.8 Å². The average molecular weight is 649 g/mol. The Morgan fingerprint density at radius 2 is 1.43 bits per heavy atom. The quantitative estimate of drug-likeness (QED) is 0.392. The lowest BCUT2D eigenvalue weighted by atomic mass is 9.70. The highest BCUT2D eigenvalue weighted by Crippen LogP contribution is 2.63. The number of rotatable bonds is 5. The van der Waals surface area contributed by atoms with Crippen LogP contribution in [-0.4, -0.2) is 57.9 Å². The van der Waals surface area contributed by atoms with E-state index in [2.05, 4.69) is 33.2 Å². The largest absolute Gasteiger partial charge is 0.456 e. The van der Waals surface area contributed by atoms with Gasteiger partial charge in [0.25, 0.3) is 0 Å². The molecule has 47 heavy (non-hydrogen) atoms. The number of fused-ring (bicyclic) bond motifs is 8. The minimum atomic E-state index is -3.96. The molecule has 0 unspecified atom stereocenters. The van der Waals surface area contributed by atoms with Crippen molar-refractivity contribution in [1.82, 2.24) is 9.62 Å². The molecule has 6 aliphatic heterocycles. The highest BCUT2D eigenvalue weighted by atomic mass is 32.2. The standard InChI is InChI=1S/C38H40N4O4S/c1-2-3-16-33(43)39-17-22-42-38(29-14-4-5-15-32(29)47(42,44)45)30-23-25-10-6-18-40-20-8-12-27(34(25)40)36(30)46-37-28-13-9-21-41-19-7-11-26(35(28)41)24-31(37)38/h1,4-5,14-15,23-24H,3,6-13,16-22H2,(H,39,43). The SMILES string of the molecule is C#CCCC(=O)NCCN1C2(c3ccccc3S1(=O)=O)c1cc3c4c(c1Oc1c2cc2c5c1CCCN5CCC2)CCCN4CCC3. The number of nitrogens with one attached hydrogen (secondary N) is 1. The number of amides is 1. The maximum absolute atomic E-state index is 14.9. The van der Waals surface area contributed by atoms with Crippen molar-refractivity contribution in [2.24, 2.45) is 0 Å². The van der Waals surface area contributed by atoms with Gasteiger partial charge in [-0.05, 0) is 80.7 Å². The van der Waals surface area contributed by atoms with Crippen LogP contribution in [0.1, 0.15) is 77.5 Å². The lowest BCUT2D eigenvalue weighted by molar-refractivity contribution is -0.121. The Morgan fingerprint density at radius 1 is 0.851 bits per heavy atom. The Morgan fingerprint density at radius 3 is 2.02 bits per heavy atom. The van der Waals surface area contributed by atoms with E-state index >= 15 is 0 Å². The van der Waals surface area contributed by atoms with Crippen LogP contribution >= 0.6 is 0 Å². The molecular formula is C38H40N4O4S. The van der Waals surface area contributed by atoms with Crippen LogP contribution < -0.4 is 19.9 Å². The summed E-state index contributed by atoms with van der Waals surface area (Å²) >= 11 is 0. The van der Waals surface area contributed by atoms with Crippen molar-refractivity contribution in [3.05, 3.63) is 75.3 Å². The first-order valence-electron chi connectivity index (χ1n) is 17.3. The van der Waals surface area contributed by atoms with E-state index < -0.39 is 15.6 Å². The summed E-state index contributed by atoms with van der Waals surface area (Å²) in [6, 6.07) is 12.1. The maximum atomic E-state index is 14.9. The summed E-state index contributed by atoms with van der Waals surface area (Å²) in [4.78, 5) is 18.0. The van der Waals surface area contributed by atoms with Gasteiger partial charge in [-0.1, -0.05) is 18.2 Å². The molecule has 6 heterocycles. The van der Waals surface area contributed by atoms with E-state index in [9.17, 15) is 13.2 Å². The molecule has 0 saturated heterocycles. The second-order valence-corrected chi connectivity index (χ2v) is 15.6. The normalized spacial score (nSPS) is 20.7. The number of anilines is 2. The van der Waals surface area contributed by atoms with Gasteiger partial charge >= 0.3 is 0 Å². The van der Waals surface area contributed by atoms with Gasteiger partial charge in [0.2, 0.25) is 15.9 Å². The Balaban J connectivity index is 1.34. The molecule has 0 aliphatic carbocycles. The van der Waals surface area contributed by atoms with Gasteiger partial charge in [0.15, 0.2) is 0 Å². The maximum Gasteiger partial charge on any atom is 0.244 e. The summed E-state index contributed by atoms with van der Waals surface area (Å²) < 4.78 is 38.7. The number of sulfonamides is 1. The van der Waals surface area contributed by atoms with Gasteiger partial charge in [0, 0.05) is 91.3 Å². The minimum Gasteiger partial charge on any atom is -0.456 e. The first-order valence-corrected chi connectivity index (χ1v) is 18.8. The Bertz CT molecular complexity index is 1910. The van der Waals surface area contributed by atoms with E-state index in [-0.39, 0.29) is 25.4 Å². The van der Waals surface area contributed by atoms with Crippen molar-refractivity contribution in [3.63, 3.8) is 0 Å². The number of ether oxygens (including phenoxy) is 1. The van der Waals surface area contributed by atoms with Crippen LogP contribution in [0.4, 0.5) is 11.4 Å². The van der Waals surface area contributed by atoms with Gasteiger partial charge in [-0.2, -0.15) is 4.31 Å². The van der Waals surface area contributed by atoms with E-state index in [1.165, 1.54) is 33.6 Å². The molecule has 3 aromatic rings. The van der Waals surface area contributed by atoms with Crippen LogP contribution in [0.3, 0.4) is 0 Å². The Labute approximate surface area is 277 Å². The first kappa shape index (κ1) is 29.2. The van der Waals surface area contributed by atoms with Crippen LogP contribution in [-0.2, 0) is 46.0 Å². The first-order chi connectivity index (χ1) is 22.9. The molecule has 0 bridgehead atoms. The number of carbonyl (C=O) groups excluding carboxylic acids is 1. The molecule has 9 rings (SSSR count). The second kappa shape index (κ2) is 10.8. The fourth-order valence-corrected chi connectivity index (χ4v) is 11.5. The monoisotopic (exact) mass is 648 g/mol. The number of hydrogen-bond donors (Lipinski definition) is 1. The van der Waals surface area contributed by atoms with Crippen molar-refractivity contribution in [2.45, 2.75) is 74.6 Å². The van der Waals surface area contributed by atoms with Crippen molar-refractivity contribution < 1.29 is 17.9 Å². The second-order valence-electron chi connectivity index (χ2n) is 13.8. The molecule has 242 valence electrons. The van der Waals surface area contributed by atoms with Crippen LogP contribution in [0.15, 0.2) is 41.3 Å². The number of hydrogen-bond acceptors (Lipinski definition) is 6. The van der Waals surface area contributed by atoms with Crippen LogP contribution in [0.5, 0.6) is 11.5 Å². The number of aryl methyl sites for hydroxylation is 2. The third kappa shape index (κ3) is 4.04. The van der Waals surface area contributed by atoms with Gasteiger partial charge in [0.05, 0.1) is 4.90 Å². The van der Waals surface area contributed by atoms with Crippen molar-refractivity contribution in [1.29, 1.82) is 0 Å². The minimum absolute atomic E-state index is 0.120. The van der Waals surface area contributed by atoms with Crippen LogP contribution in [0.2, 0.25) is 0 Å². The van der Waals surface area contributed by atoms with E-state index in [1.54, 1.807) is 10.4 Å². The summed E-state index contributed by atoms with van der Waals surface area (Å²) in [5.74, 6) is 4.02. The lowest BCUT2D eigenvalue weighted by Gasteiger charge is -2.48. The number of benzene rings is 3. The molecule has 0 atom stereocenters. The zero-order valence-electron chi connectivity index (χ0n) is 26.7. The van der Waals surface area contributed by atoms with E-state index in [1.807, 2.05) is 18.2 Å². The predicted molar refractivity (Wildman–Crippen MR) is 182 cm³/mol. The highest BCUT2D eigenvalue weighted by Gasteiger charge is 2.61. The number of terminal acetylenes is 1. The molecule has 1 amide bonds. The van der Waals surface area contributed by atoms with Gasteiger partial charge < -0.3 is 19.9 Å². The third-order valence-electron chi connectivity index (χ3n) is 11.3. The molecule has 0 fully saturated rings. The zero-order chi connectivity index (χ0) is 31.9. The molecule has 1 N–H and O–H groups in total. The smallest absolute Gasteiger partial charge is 0.244 e. The van der Waals surface area contributed by atoms with E-state index in [0.29, 0.717) is 11.3 Å². The molecule has 9 heteroatoms. The summed E-state index contributed by atoms with van der Waals surface area (Å²) in [5, 5.41) is 2.97. The van der Waals surface area contributed by atoms with Gasteiger partial charge in [-0.25, -0.2) is 8.42 Å². The third-order valence-corrected chi connectivity index (χ3v) is 13.2. The van der Waals surface area contributed by atoms with Crippen molar-refractivity contribution in [2.75, 3.05) is 49.1 Å².